The molecule has 0 bridgehead atoms. The van der Waals surface area contributed by atoms with Crippen molar-refractivity contribution in [2.75, 3.05) is 0 Å². The quantitative estimate of drug-likeness (QED) is 0.666. The Kier molecular flexibility index (Phi) is 4.04. The van der Waals surface area contributed by atoms with E-state index in [2.05, 4.69) is 10.1 Å². The van der Waals surface area contributed by atoms with Crippen molar-refractivity contribution < 1.29 is 13.8 Å². The molecule has 0 saturated heterocycles. The van der Waals surface area contributed by atoms with E-state index in [1.165, 1.54) is 6.07 Å². The molecule has 0 aliphatic carbocycles. The first kappa shape index (κ1) is 14.1. The van der Waals surface area contributed by atoms with E-state index in [9.17, 15) is 14.5 Å². The number of nitro benzene ring substituents is 1. The van der Waals surface area contributed by atoms with Crippen LogP contribution in [0.1, 0.15) is 31.6 Å². The minimum Gasteiger partial charge on any atom is -0.334 e. The van der Waals surface area contributed by atoms with Crippen LogP contribution in [0.5, 0.6) is 0 Å². The Bertz CT molecular complexity index is 629. The third-order valence-corrected chi connectivity index (χ3v) is 2.71. The number of non-ortho nitro benzene ring substituents is 1. The topological polar surface area (TPSA) is 108 Å². The summed E-state index contributed by atoms with van der Waals surface area (Å²) in [4.78, 5) is 14.0. The van der Waals surface area contributed by atoms with Crippen LogP contribution >= 0.6 is 0 Å². The molecule has 1 atom stereocenters. The van der Waals surface area contributed by atoms with Crippen LogP contribution in [-0.2, 0) is 0 Å². The van der Waals surface area contributed by atoms with Gasteiger partial charge in [0.15, 0.2) is 5.82 Å². The van der Waals surface area contributed by atoms with E-state index < -0.39 is 10.7 Å². The van der Waals surface area contributed by atoms with Crippen LogP contribution in [0.15, 0.2) is 22.7 Å². The summed E-state index contributed by atoms with van der Waals surface area (Å²) in [5.74, 6) is -0.435. The molecule has 106 valence electrons. The molecule has 0 saturated carbocycles. The lowest BCUT2D eigenvalue weighted by Crippen LogP contribution is -2.11. The van der Waals surface area contributed by atoms with E-state index in [4.69, 9.17) is 10.3 Å². The molecule has 1 unspecified atom stereocenters. The van der Waals surface area contributed by atoms with Crippen molar-refractivity contribution in [2.24, 2.45) is 5.73 Å². The summed E-state index contributed by atoms with van der Waals surface area (Å²) in [6.07, 6.45) is 1.54. The summed E-state index contributed by atoms with van der Waals surface area (Å²) in [6.45, 7) is 1.97. The maximum Gasteiger partial charge on any atom is 0.273 e. The van der Waals surface area contributed by atoms with Gasteiger partial charge in [-0.05, 0) is 12.5 Å². The van der Waals surface area contributed by atoms with E-state index in [0.717, 1.165) is 18.6 Å². The molecule has 7 nitrogen and oxygen atoms in total. The first-order chi connectivity index (χ1) is 9.51. The van der Waals surface area contributed by atoms with Crippen LogP contribution < -0.4 is 5.73 Å². The fourth-order valence-corrected chi connectivity index (χ4v) is 1.75. The predicted octanol–water partition coefficient (Wildman–Crippen LogP) is 2.58. The van der Waals surface area contributed by atoms with Crippen LogP contribution in [0.4, 0.5) is 10.1 Å². The number of halogens is 1. The fraction of sp³-hybridized carbons (Fsp3) is 0.333. The van der Waals surface area contributed by atoms with E-state index in [1.54, 1.807) is 0 Å². The largest absolute Gasteiger partial charge is 0.334 e. The van der Waals surface area contributed by atoms with E-state index >= 15 is 0 Å². The van der Waals surface area contributed by atoms with Gasteiger partial charge in [0.1, 0.15) is 5.82 Å². The Labute approximate surface area is 113 Å². The number of hydrogen-bond donors (Lipinski definition) is 1. The molecular formula is C12H13FN4O3. The zero-order chi connectivity index (χ0) is 14.7. The summed E-state index contributed by atoms with van der Waals surface area (Å²) in [5, 5.41) is 14.4. The summed E-state index contributed by atoms with van der Waals surface area (Å²) in [7, 11) is 0. The van der Waals surface area contributed by atoms with Crippen molar-refractivity contribution >= 4 is 5.69 Å². The predicted molar refractivity (Wildman–Crippen MR) is 68.2 cm³/mol. The zero-order valence-electron chi connectivity index (χ0n) is 10.7. The molecule has 0 fully saturated rings. The SMILES string of the molecule is CCCC(N)c1noc(-c2cc(F)cc([N+](=O)[O-])c2)n1. The van der Waals surface area contributed by atoms with Gasteiger partial charge in [0, 0.05) is 11.6 Å². The Morgan fingerprint density at radius 1 is 1.50 bits per heavy atom. The third kappa shape index (κ3) is 2.97. The second kappa shape index (κ2) is 5.74. The Balaban J connectivity index is 2.34. The van der Waals surface area contributed by atoms with Gasteiger partial charge < -0.3 is 10.3 Å². The zero-order valence-corrected chi connectivity index (χ0v) is 10.7. The second-order valence-electron chi connectivity index (χ2n) is 4.31. The molecule has 0 radical (unpaired) electrons. The molecule has 0 spiro atoms. The van der Waals surface area contributed by atoms with Crippen molar-refractivity contribution in [3.8, 4) is 11.5 Å². The third-order valence-electron chi connectivity index (χ3n) is 2.71. The van der Waals surface area contributed by atoms with E-state index in [1.807, 2.05) is 6.92 Å². The molecule has 2 N–H and O–H groups in total. The van der Waals surface area contributed by atoms with Gasteiger partial charge in [-0.15, -0.1) is 0 Å². The van der Waals surface area contributed by atoms with E-state index in [-0.39, 0.29) is 23.2 Å². The number of benzene rings is 1. The highest BCUT2D eigenvalue weighted by Crippen LogP contribution is 2.25. The molecule has 0 aliphatic rings. The highest BCUT2D eigenvalue weighted by Gasteiger charge is 2.18. The van der Waals surface area contributed by atoms with E-state index in [0.29, 0.717) is 12.2 Å². The number of hydrogen-bond acceptors (Lipinski definition) is 6. The van der Waals surface area contributed by atoms with Gasteiger partial charge in [-0.1, -0.05) is 18.5 Å². The van der Waals surface area contributed by atoms with Crippen molar-refractivity contribution in [3.05, 3.63) is 40.0 Å². The normalized spacial score (nSPS) is 12.3. The minimum absolute atomic E-state index is 0.00848. The minimum atomic E-state index is -0.744. The van der Waals surface area contributed by atoms with Crippen molar-refractivity contribution in [2.45, 2.75) is 25.8 Å². The van der Waals surface area contributed by atoms with Gasteiger partial charge in [0.25, 0.3) is 11.6 Å². The lowest BCUT2D eigenvalue weighted by molar-refractivity contribution is -0.385. The van der Waals surface area contributed by atoms with Gasteiger partial charge in [-0.25, -0.2) is 4.39 Å². The van der Waals surface area contributed by atoms with Crippen LogP contribution in [0.25, 0.3) is 11.5 Å². The Morgan fingerprint density at radius 3 is 2.90 bits per heavy atom. The monoisotopic (exact) mass is 280 g/mol. The highest BCUT2D eigenvalue weighted by molar-refractivity contribution is 5.57. The lowest BCUT2D eigenvalue weighted by atomic mass is 10.1. The summed E-state index contributed by atoms with van der Waals surface area (Å²) >= 11 is 0. The van der Waals surface area contributed by atoms with Crippen LogP contribution in [0.3, 0.4) is 0 Å². The number of rotatable bonds is 5. The van der Waals surface area contributed by atoms with Gasteiger partial charge in [0.05, 0.1) is 17.0 Å². The summed E-state index contributed by atoms with van der Waals surface area (Å²) < 4.78 is 18.3. The molecule has 1 aromatic carbocycles. The molecule has 20 heavy (non-hydrogen) atoms. The van der Waals surface area contributed by atoms with Gasteiger partial charge in [-0.2, -0.15) is 4.98 Å². The fourth-order valence-electron chi connectivity index (χ4n) is 1.75. The van der Waals surface area contributed by atoms with Crippen molar-refractivity contribution in [3.63, 3.8) is 0 Å². The molecule has 1 heterocycles. The number of aromatic nitrogens is 2. The molecular weight excluding hydrogens is 267 g/mol. The van der Waals surface area contributed by atoms with Crippen LogP contribution in [-0.4, -0.2) is 15.1 Å². The Morgan fingerprint density at radius 2 is 2.25 bits per heavy atom. The average Bonchev–Trinajstić information content (AvgIpc) is 2.88. The lowest BCUT2D eigenvalue weighted by Gasteiger charge is -2.02. The van der Waals surface area contributed by atoms with Crippen LogP contribution in [0.2, 0.25) is 0 Å². The molecule has 2 rings (SSSR count). The number of nitrogens with two attached hydrogens (primary N) is 1. The maximum absolute atomic E-state index is 13.3. The second-order valence-corrected chi connectivity index (χ2v) is 4.31. The number of nitro groups is 1. The summed E-state index contributed by atoms with van der Waals surface area (Å²) in [5.41, 5.74) is 5.61. The van der Waals surface area contributed by atoms with Gasteiger partial charge in [0.2, 0.25) is 0 Å². The molecule has 1 aromatic heterocycles. The average molecular weight is 280 g/mol. The molecule has 8 heteroatoms. The molecule has 0 amide bonds. The van der Waals surface area contributed by atoms with Gasteiger partial charge in [-0.3, -0.25) is 10.1 Å². The molecule has 0 aliphatic heterocycles. The smallest absolute Gasteiger partial charge is 0.273 e. The van der Waals surface area contributed by atoms with Crippen molar-refractivity contribution in [1.29, 1.82) is 0 Å². The summed E-state index contributed by atoms with van der Waals surface area (Å²) in [6, 6.07) is 2.71. The Hall–Kier alpha value is -2.35. The van der Waals surface area contributed by atoms with Crippen LogP contribution in [0, 0.1) is 15.9 Å². The standard InChI is InChI=1S/C12H13FN4O3/c1-2-3-10(14)11-15-12(20-16-11)7-4-8(13)6-9(5-7)17(18)19/h4-6,10H,2-3,14H2,1H3. The molecule has 2 aromatic rings. The first-order valence-corrected chi connectivity index (χ1v) is 6.05. The highest BCUT2D eigenvalue weighted by atomic mass is 19.1. The van der Waals surface area contributed by atoms with Crippen molar-refractivity contribution in [1.82, 2.24) is 10.1 Å². The first-order valence-electron chi connectivity index (χ1n) is 6.05. The maximum atomic E-state index is 13.3. The van der Waals surface area contributed by atoms with Gasteiger partial charge >= 0.3 is 0 Å². The number of nitrogens with zero attached hydrogens (tertiary/aromatic N) is 3.